The van der Waals surface area contributed by atoms with Gasteiger partial charge in [0, 0.05) is 12.4 Å². The molecule has 0 aromatic carbocycles. The van der Waals surface area contributed by atoms with Gasteiger partial charge in [0.2, 0.25) is 0 Å². The number of nitrogens with zero attached hydrogens (tertiary/aromatic N) is 7. The second kappa shape index (κ2) is 4.08. The number of hydrogen-bond acceptors (Lipinski definition) is 6. The number of aromatic nitrogens is 7. The summed E-state index contributed by atoms with van der Waals surface area (Å²) in [5, 5.41) is 25.1. The fourth-order valence-corrected chi connectivity index (χ4v) is 2.39. The Hall–Kier alpha value is -2.84. The zero-order valence-corrected chi connectivity index (χ0v) is 10.9. The number of tetrazole rings is 1. The van der Waals surface area contributed by atoms with E-state index in [-0.39, 0.29) is 6.54 Å². The Bertz CT molecular complexity index is 833. The van der Waals surface area contributed by atoms with Crippen molar-refractivity contribution >= 4 is 11.5 Å². The summed E-state index contributed by atoms with van der Waals surface area (Å²) in [5.41, 5.74) is 0.772. The highest BCUT2D eigenvalue weighted by molar-refractivity contribution is 5.78. The van der Waals surface area contributed by atoms with Crippen LogP contribution in [-0.4, -0.2) is 45.9 Å². The van der Waals surface area contributed by atoms with Crippen LogP contribution in [0.2, 0.25) is 0 Å². The molecule has 0 amide bonds. The van der Waals surface area contributed by atoms with E-state index in [0.29, 0.717) is 18.7 Å². The van der Waals surface area contributed by atoms with E-state index < -0.39 is 11.4 Å². The SMILES string of the molecule is O=C(O)C1(Cn2nnnc2-c2cnn3ccncc23)CC1. The van der Waals surface area contributed by atoms with Crippen LogP contribution in [-0.2, 0) is 11.3 Å². The van der Waals surface area contributed by atoms with E-state index in [1.54, 1.807) is 29.3 Å². The van der Waals surface area contributed by atoms with Crippen molar-refractivity contribution < 1.29 is 9.90 Å². The molecular formula is C12H11N7O2. The van der Waals surface area contributed by atoms with Crippen LogP contribution in [0.1, 0.15) is 12.8 Å². The zero-order valence-electron chi connectivity index (χ0n) is 10.9. The normalized spacial score (nSPS) is 16.2. The highest BCUT2D eigenvalue weighted by Gasteiger charge is 2.51. The quantitative estimate of drug-likeness (QED) is 0.731. The van der Waals surface area contributed by atoms with Crippen LogP contribution < -0.4 is 0 Å². The maximum atomic E-state index is 11.3. The minimum atomic E-state index is -0.800. The third-order valence-corrected chi connectivity index (χ3v) is 3.86. The summed E-state index contributed by atoms with van der Waals surface area (Å²) in [5.74, 6) is -0.295. The lowest BCUT2D eigenvalue weighted by atomic mass is 10.1. The van der Waals surface area contributed by atoms with Crippen LogP contribution in [0.3, 0.4) is 0 Å². The third-order valence-electron chi connectivity index (χ3n) is 3.86. The maximum absolute atomic E-state index is 11.3. The number of carboxylic acid groups (broad SMARTS) is 1. The van der Waals surface area contributed by atoms with Crippen molar-refractivity contribution in [1.82, 2.24) is 34.8 Å². The molecule has 0 radical (unpaired) electrons. The standard InChI is InChI=1S/C12H11N7O2/c20-11(21)12(1-2-12)7-19-10(15-16-17-19)8-5-14-18-4-3-13-6-9(8)18/h3-6H,1-2,7H2,(H,20,21). The first-order valence-electron chi connectivity index (χ1n) is 6.47. The summed E-state index contributed by atoms with van der Waals surface area (Å²) >= 11 is 0. The molecule has 0 atom stereocenters. The molecule has 4 rings (SSSR count). The second-order valence-electron chi connectivity index (χ2n) is 5.21. The highest BCUT2D eigenvalue weighted by Crippen LogP contribution is 2.47. The Labute approximate surface area is 118 Å². The van der Waals surface area contributed by atoms with E-state index in [1.165, 1.54) is 4.68 Å². The van der Waals surface area contributed by atoms with Gasteiger partial charge < -0.3 is 5.11 Å². The smallest absolute Gasteiger partial charge is 0.311 e. The van der Waals surface area contributed by atoms with Crippen LogP contribution in [0.15, 0.2) is 24.8 Å². The van der Waals surface area contributed by atoms with E-state index in [1.807, 2.05) is 0 Å². The number of carbonyl (C=O) groups is 1. The average Bonchev–Trinajstić information content (AvgIpc) is 2.94. The molecule has 9 heteroatoms. The van der Waals surface area contributed by atoms with Gasteiger partial charge in [-0.15, -0.1) is 5.10 Å². The molecule has 21 heavy (non-hydrogen) atoms. The summed E-state index contributed by atoms with van der Waals surface area (Å²) in [6.45, 7) is 0.266. The van der Waals surface area contributed by atoms with Gasteiger partial charge in [-0.1, -0.05) is 0 Å². The van der Waals surface area contributed by atoms with Gasteiger partial charge >= 0.3 is 5.97 Å². The summed E-state index contributed by atoms with van der Waals surface area (Å²) in [7, 11) is 0. The van der Waals surface area contributed by atoms with Gasteiger partial charge in [-0.2, -0.15) is 5.10 Å². The first-order chi connectivity index (χ1) is 10.2. The predicted molar refractivity (Wildman–Crippen MR) is 69.1 cm³/mol. The number of hydrogen-bond donors (Lipinski definition) is 1. The van der Waals surface area contributed by atoms with Gasteiger partial charge in [0.25, 0.3) is 0 Å². The molecular weight excluding hydrogens is 274 g/mol. The van der Waals surface area contributed by atoms with Gasteiger partial charge in [0.1, 0.15) is 0 Å². The second-order valence-corrected chi connectivity index (χ2v) is 5.21. The summed E-state index contributed by atoms with van der Waals surface area (Å²) in [6, 6.07) is 0. The van der Waals surface area contributed by atoms with E-state index in [2.05, 4.69) is 25.6 Å². The van der Waals surface area contributed by atoms with Crippen molar-refractivity contribution in [3.8, 4) is 11.4 Å². The third kappa shape index (κ3) is 1.77. The molecule has 1 N–H and O–H groups in total. The summed E-state index contributed by atoms with van der Waals surface area (Å²) in [4.78, 5) is 15.4. The van der Waals surface area contributed by atoms with Gasteiger partial charge in [0.05, 0.1) is 35.4 Å². The zero-order chi connectivity index (χ0) is 14.4. The molecule has 1 saturated carbocycles. The molecule has 0 saturated heterocycles. The summed E-state index contributed by atoms with van der Waals surface area (Å²) < 4.78 is 3.20. The molecule has 0 aliphatic heterocycles. The average molecular weight is 285 g/mol. The van der Waals surface area contributed by atoms with Crippen molar-refractivity contribution in [2.75, 3.05) is 0 Å². The highest BCUT2D eigenvalue weighted by atomic mass is 16.4. The minimum absolute atomic E-state index is 0.266. The monoisotopic (exact) mass is 285 g/mol. The molecule has 1 fully saturated rings. The maximum Gasteiger partial charge on any atom is 0.311 e. The van der Waals surface area contributed by atoms with Crippen molar-refractivity contribution in [3.05, 3.63) is 24.8 Å². The Morgan fingerprint density at radius 3 is 3.00 bits per heavy atom. The fraction of sp³-hybridized carbons (Fsp3) is 0.333. The molecule has 0 bridgehead atoms. The van der Waals surface area contributed by atoms with Gasteiger partial charge in [-0.3, -0.25) is 9.78 Å². The van der Waals surface area contributed by atoms with Crippen LogP contribution in [0, 0.1) is 5.41 Å². The Morgan fingerprint density at radius 1 is 1.38 bits per heavy atom. The Kier molecular flexibility index (Phi) is 2.32. The molecule has 1 aliphatic rings. The number of aliphatic carboxylic acids is 1. The van der Waals surface area contributed by atoms with Crippen molar-refractivity contribution in [2.24, 2.45) is 5.41 Å². The van der Waals surface area contributed by atoms with Gasteiger partial charge in [-0.05, 0) is 23.3 Å². The topological polar surface area (TPSA) is 111 Å². The van der Waals surface area contributed by atoms with E-state index in [9.17, 15) is 9.90 Å². The first-order valence-corrected chi connectivity index (χ1v) is 6.47. The molecule has 3 aromatic heterocycles. The molecule has 3 aromatic rings. The predicted octanol–water partition coefficient (Wildman–Crippen LogP) is 0.248. The Morgan fingerprint density at radius 2 is 2.24 bits per heavy atom. The number of rotatable bonds is 4. The van der Waals surface area contributed by atoms with Gasteiger partial charge in [-0.25, -0.2) is 9.20 Å². The number of fused-ring (bicyclic) bond motifs is 1. The lowest BCUT2D eigenvalue weighted by Gasteiger charge is -2.10. The number of carboxylic acids is 1. The van der Waals surface area contributed by atoms with E-state index >= 15 is 0 Å². The lowest BCUT2D eigenvalue weighted by Crippen LogP contribution is -2.22. The molecule has 1 aliphatic carbocycles. The lowest BCUT2D eigenvalue weighted by molar-refractivity contribution is -0.144. The van der Waals surface area contributed by atoms with Crippen molar-refractivity contribution in [1.29, 1.82) is 0 Å². The fourth-order valence-electron chi connectivity index (χ4n) is 2.39. The van der Waals surface area contributed by atoms with Gasteiger partial charge in [0.15, 0.2) is 5.82 Å². The van der Waals surface area contributed by atoms with Crippen LogP contribution in [0.25, 0.3) is 16.9 Å². The molecule has 0 spiro atoms. The summed E-state index contributed by atoms with van der Waals surface area (Å²) in [6.07, 6.45) is 7.99. The molecule has 3 heterocycles. The first kappa shape index (κ1) is 11.9. The Balaban J connectivity index is 1.77. The largest absolute Gasteiger partial charge is 0.481 e. The molecule has 0 unspecified atom stereocenters. The molecule has 9 nitrogen and oxygen atoms in total. The molecule has 106 valence electrons. The van der Waals surface area contributed by atoms with E-state index in [4.69, 9.17) is 0 Å². The van der Waals surface area contributed by atoms with Crippen LogP contribution >= 0.6 is 0 Å². The van der Waals surface area contributed by atoms with Crippen LogP contribution in [0.5, 0.6) is 0 Å². The van der Waals surface area contributed by atoms with Crippen LogP contribution in [0.4, 0.5) is 0 Å². The van der Waals surface area contributed by atoms with Crippen molar-refractivity contribution in [2.45, 2.75) is 19.4 Å². The minimum Gasteiger partial charge on any atom is -0.481 e. The van der Waals surface area contributed by atoms with Crippen molar-refractivity contribution in [3.63, 3.8) is 0 Å². The van der Waals surface area contributed by atoms with E-state index in [0.717, 1.165) is 11.1 Å².